The van der Waals surface area contributed by atoms with E-state index in [9.17, 15) is 0 Å². The van der Waals surface area contributed by atoms with Crippen molar-refractivity contribution >= 4 is 0 Å². The number of ether oxygens (including phenoxy) is 5. The molecule has 8 heteroatoms. The smallest absolute Gasteiger partial charge is 0.186 e. The molecule has 168 valence electrons. The van der Waals surface area contributed by atoms with Crippen molar-refractivity contribution in [3.05, 3.63) is 82.2 Å². The van der Waals surface area contributed by atoms with Crippen molar-refractivity contribution in [2.24, 2.45) is 5.11 Å². The van der Waals surface area contributed by atoms with Gasteiger partial charge in [-0.05, 0) is 16.7 Å². The maximum absolute atomic E-state index is 8.80. The molecule has 0 spiro atoms. The van der Waals surface area contributed by atoms with Gasteiger partial charge in [-0.3, -0.25) is 0 Å². The Kier molecular flexibility index (Phi) is 9.54. The van der Waals surface area contributed by atoms with Gasteiger partial charge in [-0.15, -0.1) is 6.42 Å². The van der Waals surface area contributed by atoms with Gasteiger partial charge in [0.2, 0.25) is 0 Å². The molecule has 2 aromatic rings. The zero-order valence-electron chi connectivity index (χ0n) is 17.9. The molecule has 0 aliphatic carbocycles. The fourth-order valence-corrected chi connectivity index (χ4v) is 3.58. The number of hydrogen-bond acceptors (Lipinski definition) is 6. The van der Waals surface area contributed by atoms with Crippen LogP contribution in [-0.4, -0.2) is 51.0 Å². The average Bonchev–Trinajstić information content (AvgIpc) is 2.85. The van der Waals surface area contributed by atoms with E-state index in [1.54, 1.807) is 0 Å². The molecule has 1 saturated heterocycles. The summed E-state index contributed by atoms with van der Waals surface area (Å²) in [5.41, 5.74) is 10.8. The molecule has 32 heavy (non-hydrogen) atoms. The summed E-state index contributed by atoms with van der Waals surface area (Å²) in [6, 6.07) is 19.6. The minimum absolute atomic E-state index is 0.0438. The summed E-state index contributed by atoms with van der Waals surface area (Å²) in [7, 11) is 1.53. The van der Waals surface area contributed by atoms with Crippen LogP contribution in [-0.2, 0) is 36.9 Å². The van der Waals surface area contributed by atoms with E-state index < -0.39 is 30.7 Å². The first-order chi connectivity index (χ1) is 15.8. The van der Waals surface area contributed by atoms with Gasteiger partial charge in [0, 0.05) is 12.0 Å². The highest BCUT2D eigenvalue weighted by atomic mass is 16.7. The highest BCUT2D eigenvalue weighted by Gasteiger charge is 2.48. The largest absolute Gasteiger partial charge is 0.368 e. The predicted octanol–water partition coefficient (Wildman–Crippen LogP) is 3.86. The monoisotopic (exact) mass is 437 g/mol. The maximum Gasteiger partial charge on any atom is 0.186 e. The fourth-order valence-electron chi connectivity index (χ4n) is 3.58. The van der Waals surface area contributed by atoms with Crippen LogP contribution in [0.5, 0.6) is 0 Å². The van der Waals surface area contributed by atoms with Gasteiger partial charge in [-0.25, -0.2) is 0 Å². The number of hydrogen-bond donors (Lipinski definition) is 0. The van der Waals surface area contributed by atoms with Crippen molar-refractivity contribution in [3.8, 4) is 12.3 Å². The summed E-state index contributed by atoms with van der Waals surface area (Å²) in [4.78, 5) is 2.85. The Morgan fingerprint density at radius 1 is 0.938 bits per heavy atom. The topological polar surface area (TPSA) is 94.9 Å². The second-order valence-electron chi connectivity index (χ2n) is 7.19. The first-order valence-corrected chi connectivity index (χ1v) is 10.3. The van der Waals surface area contributed by atoms with Gasteiger partial charge in [0.25, 0.3) is 0 Å². The number of nitrogens with zero attached hydrogens (tertiary/aromatic N) is 3. The molecular weight excluding hydrogens is 410 g/mol. The SMILES string of the molecule is C#CCO[C@H]1[C@H](OCc2ccccc2)[C@@H](OCc2ccccc2)[C@@H](OC)O[C@@H]1CN=[N+]=[N-]. The van der Waals surface area contributed by atoms with Gasteiger partial charge in [0.15, 0.2) is 6.29 Å². The van der Waals surface area contributed by atoms with Crippen LogP contribution in [0, 0.1) is 12.3 Å². The molecule has 0 aromatic heterocycles. The van der Waals surface area contributed by atoms with E-state index >= 15 is 0 Å². The summed E-state index contributed by atoms with van der Waals surface area (Å²) in [6.07, 6.45) is 2.27. The molecule has 0 radical (unpaired) electrons. The first kappa shape index (κ1) is 23.8. The Hall–Kier alpha value is -2.89. The van der Waals surface area contributed by atoms with Crippen LogP contribution in [0.1, 0.15) is 11.1 Å². The zero-order valence-corrected chi connectivity index (χ0v) is 17.9. The van der Waals surface area contributed by atoms with Gasteiger partial charge in [-0.2, -0.15) is 0 Å². The lowest BCUT2D eigenvalue weighted by Gasteiger charge is -2.45. The van der Waals surface area contributed by atoms with Crippen LogP contribution in [0.15, 0.2) is 65.8 Å². The molecule has 0 unspecified atom stereocenters. The Morgan fingerprint density at radius 2 is 1.53 bits per heavy atom. The lowest BCUT2D eigenvalue weighted by Crippen LogP contribution is -2.61. The highest BCUT2D eigenvalue weighted by molar-refractivity contribution is 5.14. The zero-order chi connectivity index (χ0) is 22.6. The van der Waals surface area contributed by atoms with Gasteiger partial charge in [-0.1, -0.05) is 71.7 Å². The van der Waals surface area contributed by atoms with E-state index in [1.807, 2.05) is 60.7 Å². The molecule has 1 aliphatic rings. The number of methoxy groups -OCH3 is 1. The Morgan fingerprint density at radius 3 is 2.06 bits per heavy atom. The lowest BCUT2D eigenvalue weighted by atomic mass is 9.97. The summed E-state index contributed by atoms with van der Waals surface area (Å²) in [6.45, 7) is 0.761. The molecule has 0 amide bonds. The van der Waals surface area contributed by atoms with Crippen LogP contribution in [0.25, 0.3) is 10.4 Å². The standard InChI is InChI=1S/C24H27N3O5/c1-3-14-29-21-20(15-26-27-25)32-24(28-2)23(31-17-19-12-8-5-9-13-19)22(21)30-16-18-10-6-4-7-11-18/h1,4-13,20-24H,14-17H2,2H3/t20-,21-,22+,23-,24+/m1/s1. The third-order valence-electron chi connectivity index (χ3n) is 5.08. The summed E-state index contributed by atoms with van der Waals surface area (Å²) >= 11 is 0. The number of azide groups is 1. The van der Waals surface area contributed by atoms with Crippen LogP contribution >= 0.6 is 0 Å². The van der Waals surface area contributed by atoms with Crippen molar-refractivity contribution in [3.63, 3.8) is 0 Å². The number of terminal acetylenes is 1. The molecule has 0 N–H and O–H groups in total. The van der Waals surface area contributed by atoms with Gasteiger partial charge in [0.05, 0.1) is 25.9 Å². The molecule has 1 aliphatic heterocycles. The van der Waals surface area contributed by atoms with Gasteiger partial charge in [0.1, 0.15) is 24.9 Å². The van der Waals surface area contributed by atoms with Crippen molar-refractivity contribution in [1.29, 1.82) is 0 Å². The highest BCUT2D eigenvalue weighted by Crippen LogP contribution is 2.30. The van der Waals surface area contributed by atoms with Crippen molar-refractivity contribution < 1.29 is 23.7 Å². The van der Waals surface area contributed by atoms with Crippen molar-refractivity contribution in [1.82, 2.24) is 0 Å². The van der Waals surface area contributed by atoms with E-state index in [1.165, 1.54) is 7.11 Å². The molecule has 0 saturated carbocycles. The first-order valence-electron chi connectivity index (χ1n) is 10.3. The average molecular weight is 437 g/mol. The van der Waals surface area contributed by atoms with Gasteiger partial charge >= 0.3 is 0 Å². The van der Waals surface area contributed by atoms with E-state index in [-0.39, 0.29) is 13.2 Å². The second-order valence-corrected chi connectivity index (χ2v) is 7.19. The quantitative estimate of drug-likeness (QED) is 0.230. The van der Waals surface area contributed by atoms with E-state index in [0.717, 1.165) is 11.1 Å². The normalized spacial score (nSPS) is 24.9. The lowest BCUT2D eigenvalue weighted by molar-refractivity contribution is -0.313. The Balaban J connectivity index is 1.85. The fraction of sp³-hybridized carbons (Fsp3) is 0.417. The molecule has 2 aromatic carbocycles. The van der Waals surface area contributed by atoms with E-state index in [2.05, 4.69) is 15.9 Å². The minimum Gasteiger partial charge on any atom is -0.368 e. The van der Waals surface area contributed by atoms with Crippen LogP contribution < -0.4 is 0 Å². The second kappa shape index (κ2) is 12.8. The van der Waals surface area contributed by atoms with Gasteiger partial charge < -0.3 is 23.7 Å². The third-order valence-corrected chi connectivity index (χ3v) is 5.08. The van der Waals surface area contributed by atoms with Crippen LogP contribution in [0.3, 0.4) is 0 Å². The van der Waals surface area contributed by atoms with Crippen LogP contribution in [0.4, 0.5) is 0 Å². The van der Waals surface area contributed by atoms with Crippen LogP contribution in [0.2, 0.25) is 0 Å². The van der Waals surface area contributed by atoms with Crippen molar-refractivity contribution in [2.45, 2.75) is 43.9 Å². The van der Waals surface area contributed by atoms with E-state index in [0.29, 0.717) is 13.2 Å². The molecule has 0 bridgehead atoms. The van der Waals surface area contributed by atoms with Crippen molar-refractivity contribution in [2.75, 3.05) is 20.3 Å². The Bertz CT molecular complexity index is 899. The molecule has 8 nitrogen and oxygen atoms in total. The molecular formula is C24H27N3O5. The molecule has 1 fully saturated rings. The predicted molar refractivity (Wildman–Crippen MR) is 118 cm³/mol. The third kappa shape index (κ3) is 6.55. The number of benzene rings is 2. The van der Waals surface area contributed by atoms with E-state index in [4.69, 9.17) is 35.6 Å². The summed E-state index contributed by atoms with van der Waals surface area (Å²) in [5, 5.41) is 3.67. The number of rotatable bonds is 11. The molecule has 5 atom stereocenters. The minimum atomic E-state index is -0.746. The Labute approximate surface area is 188 Å². The summed E-state index contributed by atoms with van der Waals surface area (Å²) in [5.74, 6) is 2.48. The molecule has 1 heterocycles. The summed E-state index contributed by atoms with van der Waals surface area (Å²) < 4.78 is 30.1. The molecule has 3 rings (SSSR count). The maximum atomic E-state index is 8.80.